The first kappa shape index (κ1) is 6.48. The first-order chi connectivity index (χ1) is 5.45. The van der Waals surface area contributed by atoms with Crippen LogP contribution >= 0.6 is 12.1 Å². The lowest BCUT2D eigenvalue weighted by molar-refractivity contribution is 0.944. The van der Waals surface area contributed by atoms with Gasteiger partial charge >= 0.3 is 0 Å². The highest BCUT2D eigenvalue weighted by atomic mass is 32.2. The van der Waals surface area contributed by atoms with Crippen molar-refractivity contribution in [3.05, 3.63) is 36.9 Å². The highest BCUT2D eigenvalue weighted by Crippen LogP contribution is 2.04. The summed E-state index contributed by atoms with van der Waals surface area (Å²) in [5.74, 6) is 0. The Morgan fingerprint density at radius 1 is 0.909 bits per heavy atom. The maximum Gasteiger partial charge on any atom is 0.116 e. The first-order valence-corrected chi connectivity index (χ1v) is 3.86. The zero-order chi connectivity index (χ0) is 7.52. The average Bonchev–Trinajstić information content (AvgIpc) is 2.60. The smallest absolute Gasteiger partial charge is 0.116 e. The molecule has 0 fully saturated rings. The molecule has 0 saturated heterocycles. The lowest BCUT2D eigenvalue weighted by Gasteiger charge is -1.96. The van der Waals surface area contributed by atoms with Crippen molar-refractivity contribution in [1.29, 1.82) is 0 Å². The van der Waals surface area contributed by atoms with E-state index in [2.05, 4.69) is 10.2 Å². The summed E-state index contributed by atoms with van der Waals surface area (Å²) in [4.78, 5) is 0. The van der Waals surface area contributed by atoms with Crippen LogP contribution in [0, 0.1) is 0 Å². The molecule has 11 heavy (non-hydrogen) atoms. The summed E-state index contributed by atoms with van der Waals surface area (Å²) >= 11 is 1.41. The van der Waals surface area contributed by atoms with E-state index in [1.54, 1.807) is 20.6 Å². The fourth-order valence-corrected chi connectivity index (χ4v) is 1.31. The molecule has 0 radical (unpaired) electrons. The van der Waals surface area contributed by atoms with Crippen LogP contribution in [0.2, 0.25) is 0 Å². The van der Waals surface area contributed by atoms with Crippen LogP contribution in [-0.4, -0.2) is 18.4 Å². The van der Waals surface area contributed by atoms with Crippen molar-refractivity contribution in [3.63, 3.8) is 0 Å². The van der Waals surface area contributed by atoms with Crippen molar-refractivity contribution in [3.8, 4) is 0 Å². The van der Waals surface area contributed by atoms with Gasteiger partial charge in [-0.15, -0.1) is 0 Å². The predicted octanol–water partition coefficient (Wildman–Crippen LogP) is 1.04. The standard InChI is InChI=1S/C6H6N4S/c1-3-7-9(5-1)11-10-6-2-4-8-10/h1-6H. The van der Waals surface area contributed by atoms with Gasteiger partial charge in [-0.25, -0.2) is 0 Å². The predicted molar refractivity (Wildman–Crippen MR) is 42.8 cm³/mol. The van der Waals surface area contributed by atoms with Crippen LogP contribution in [0.1, 0.15) is 0 Å². The molecule has 0 bridgehead atoms. The van der Waals surface area contributed by atoms with Gasteiger partial charge in [-0.2, -0.15) is 18.4 Å². The molecular weight excluding hydrogens is 160 g/mol. The van der Waals surface area contributed by atoms with Gasteiger partial charge in [0, 0.05) is 12.4 Å². The van der Waals surface area contributed by atoms with Crippen LogP contribution < -0.4 is 0 Å². The van der Waals surface area contributed by atoms with E-state index in [1.807, 2.05) is 24.5 Å². The summed E-state index contributed by atoms with van der Waals surface area (Å²) in [5, 5.41) is 8.02. The second-order valence-electron chi connectivity index (χ2n) is 1.90. The number of hydrogen-bond donors (Lipinski definition) is 0. The molecule has 5 heteroatoms. The molecule has 0 spiro atoms. The minimum absolute atomic E-state index is 1.41. The summed E-state index contributed by atoms with van der Waals surface area (Å²) in [6, 6.07) is 3.74. The number of aromatic nitrogens is 4. The van der Waals surface area contributed by atoms with Gasteiger partial charge in [-0.3, -0.25) is 0 Å². The molecule has 0 saturated carbocycles. The maximum atomic E-state index is 4.01. The number of nitrogens with zero attached hydrogens (tertiary/aromatic N) is 4. The molecule has 0 unspecified atom stereocenters. The fraction of sp³-hybridized carbons (Fsp3) is 0. The van der Waals surface area contributed by atoms with Gasteiger partial charge in [0.05, 0.1) is 12.4 Å². The topological polar surface area (TPSA) is 35.6 Å². The van der Waals surface area contributed by atoms with Crippen molar-refractivity contribution in [2.24, 2.45) is 0 Å². The van der Waals surface area contributed by atoms with E-state index in [4.69, 9.17) is 0 Å². The Labute approximate surface area is 68.1 Å². The van der Waals surface area contributed by atoms with Crippen molar-refractivity contribution < 1.29 is 0 Å². The third kappa shape index (κ3) is 1.43. The van der Waals surface area contributed by atoms with Gasteiger partial charge in [0.2, 0.25) is 0 Å². The fourth-order valence-electron chi connectivity index (χ4n) is 0.692. The van der Waals surface area contributed by atoms with Gasteiger partial charge in [0.1, 0.15) is 12.1 Å². The van der Waals surface area contributed by atoms with Crippen LogP contribution in [0.15, 0.2) is 36.9 Å². The summed E-state index contributed by atoms with van der Waals surface area (Å²) in [5.41, 5.74) is 0. The monoisotopic (exact) mass is 166 g/mol. The largest absolute Gasteiger partial charge is 0.193 e. The molecule has 4 nitrogen and oxygen atoms in total. The first-order valence-electron chi connectivity index (χ1n) is 3.13. The molecule has 0 atom stereocenters. The highest BCUT2D eigenvalue weighted by Gasteiger charge is 1.92. The van der Waals surface area contributed by atoms with Gasteiger partial charge in [0.15, 0.2) is 0 Å². The molecule has 2 aromatic heterocycles. The van der Waals surface area contributed by atoms with E-state index >= 15 is 0 Å². The Kier molecular flexibility index (Phi) is 1.64. The molecule has 56 valence electrons. The van der Waals surface area contributed by atoms with Crippen LogP contribution in [0.5, 0.6) is 0 Å². The van der Waals surface area contributed by atoms with Gasteiger partial charge in [-0.1, -0.05) is 0 Å². The molecule has 2 rings (SSSR count). The summed E-state index contributed by atoms with van der Waals surface area (Å²) < 4.78 is 3.46. The maximum absolute atomic E-state index is 4.01. The quantitative estimate of drug-likeness (QED) is 0.668. The SMILES string of the molecule is c1cnn(Sn2cccn2)c1. The molecule has 2 aromatic rings. The Morgan fingerprint density at radius 2 is 1.45 bits per heavy atom. The van der Waals surface area contributed by atoms with E-state index in [1.165, 1.54) is 12.1 Å². The van der Waals surface area contributed by atoms with E-state index in [0.717, 1.165) is 0 Å². The van der Waals surface area contributed by atoms with Crippen molar-refractivity contribution in [2.45, 2.75) is 0 Å². The third-order valence-electron chi connectivity index (χ3n) is 1.13. The zero-order valence-corrected chi connectivity index (χ0v) is 6.48. The van der Waals surface area contributed by atoms with Crippen molar-refractivity contribution in [2.75, 3.05) is 0 Å². The van der Waals surface area contributed by atoms with E-state index < -0.39 is 0 Å². The second-order valence-corrected chi connectivity index (χ2v) is 2.81. The van der Waals surface area contributed by atoms with Crippen molar-refractivity contribution >= 4 is 12.1 Å². The molecular formula is C6H6N4S. The molecule has 0 aromatic carbocycles. The number of rotatable bonds is 2. The average molecular weight is 166 g/mol. The van der Waals surface area contributed by atoms with E-state index in [0.29, 0.717) is 0 Å². The van der Waals surface area contributed by atoms with Gasteiger partial charge in [0.25, 0.3) is 0 Å². The Hall–Kier alpha value is -1.23. The molecule has 0 aliphatic carbocycles. The summed E-state index contributed by atoms with van der Waals surface area (Å²) in [7, 11) is 0. The van der Waals surface area contributed by atoms with E-state index in [-0.39, 0.29) is 0 Å². The summed E-state index contributed by atoms with van der Waals surface area (Å²) in [6.07, 6.45) is 7.20. The second kappa shape index (κ2) is 2.79. The Bertz CT molecular complexity index is 267. The highest BCUT2D eigenvalue weighted by molar-refractivity contribution is 7.96. The molecule has 0 N–H and O–H groups in total. The Balaban J connectivity index is 2.14. The van der Waals surface area contributed by atoms with Crippen molar-refractivity contribution in [1.82, 2.24) is 18.4 Å². The van der Waals surface area contributed by atoms with Crippen LogP contribution in [0.4, 0.5) is 0 Å². The lowest BCUT2D eigenvalue weighted by atomic mass is 10.8. The number of hydrogen-bond acceptors (Lipinski definition) is 3. The zero-order valence-electron chi connectivity index (χ0n) is 5.66. The third-order valence-corrected chi connectivity index (χ3v) is 1.89. The van der Waals surface area contributed by atoms with E-state index in [9.17, 15) is 0 Å². The van der Waals surface area contributed by atoms with Crippen LogP contribution in [-0.2, 0) is 0 Å². The normalized spacial score (nSPS) is 10.2. The van der Waals surface area contributed by atoms with Crippen LogP contribution in [0.3, 0.4) is 0 Å². The van der Waals surface area contributed by atoms with Gasteiger partial charge < -0.3 is 0 Å². The Morgan fingerprint density at radius 3 is 1.82 bits per heavy atom. The van der Waals surface area contributed by atoms with Crippen LogP contribution in [0.25, 0.3) is 0 Å². The molecule has 2 heterocycles. The summed E-state index contributed by atoms with van der Waals surface area (Å²) in [6.45, 7) is 0. The molecule has 0 aliphatic heterocycles. The minimum atomic E-state index is 1.41. The molecule has 0 aliphatic rings. The lowest BCUT2D eigenvalue weighted by Crippen LogP contribution is -1.94. The van der Waals surface area contributed by atoms with Gasteiger partial charge in [-0.05, 0) is 12.1 Å². The minimum Gasteiger partial charge on any atom is -0.193 e. The molecule has 0 amide bonds.